The number of fused-ring (bicyclic) bond motifs is 2. The van der Waals surface area contributed by atoms with Crippen LogP contribution in [0.5, 0.6) is 0 Å². The molecule has 14 nitrogen and oxygen atoms in total. The summed E-state index contributed by atoms with van der Waals surface area (Å²) in [6, 6.07) is 16.5. The highest BCUT2D eigenvalue weighted by atomic mass is 16.5. The Bertz CT molecular complexity index is 1870. The van der Waals surface area contributed by atoms with Gasteiger partial charge in [-0.3, -0.25) is 9.59 Å². The number of benzene rings is 2. The van der Waals surface area contributed by atoms with Crippen LogP contribution < -0.4 is 10.6 Å². The first-order valence-corrected chi connectivity index (χ1v) is 17.2. The van der Waals surface area contributed by atoms with Crippen LogP contribution in [0.25, 0.3) is 33.6 Å². The number of aromatic amines is 2. The third-order valence-electron chi connectivity index (χ3n) is 10.1. The quantitative estimate of drug-likeness (QED) is 0.163. The minimum Gasteiger partial charge on any atom is -0.453 e. The molecule has 0 spiro atoms. The third kappa shape index (κ3) is 7.30. The number of piperidine rings is 1. The standard InChI is InChI=1S/C37H44N8O6/c1-5-16-44(32(46)20-40-35(48)50-3)22-31-38-18-29(42-31)25-10-6-23(7-11-25)24-8-12-26(13-9-24)30-19-39-34(43-30)37(2)27-14-15-28(17-27)45(37)33(47)21-41-36(49)51-4/h6-13,18-19,27-28H,5,14-17,20-22H2,1-4H3,(H,38,42)(H,39,43)(H,40,48)(H,41,49)/t27-,28+,37-/m0/s1. The van der Waals surface area contributed by atoms with Gasteiger partial charge in [0.25, 0.3) is 0 Å². The molecule has 2 fully saturated rings. The molecule has 2 aliphatic rings. The summed E-state index contributed by atoms with van der Waals surface area (Å²) in [4.78, 5) is 68.6. The molecule has 2 aromatic heterocycles. The minimum absolute atomic E-state index is 0.122. The lowest BCUT2D eigenvalue weighted by molar-refractivity contribution is -0.139. The van der Waals surface area contributed by atoms with E-state index in [1.54, 1.807) is 11.1 Å². The first kappa shape index (κ1) is 35.2. The normalized spacial score (nSPS) is 19.1. The predicted molar refractivity (Wildman–Crippen MR) is 189 cm³/mol. The molecule has 4 amide bonds. The van der Waals surface area contributed by atoms with E-state index in [0.29, 0.717) is 18.9 Å². The summed E-state index contributed by atoms with van der Waals surface area (Å²) in [7, 11) is 2.53. The average molecular weight is 697 g/mol. The second-order valence-corrected chi connectivity index (χ2v) is 13.1. The van der Waals surface area contributed by atoms with E-state index in [2.05, 4.69) is 78.4 Å². The van der Waals surface area contributed by atoms with Crippen LogP contribution in [-0.4, -0.2) is 93.6 Å². The Morgan fingerprint density at radius 1 is 0.843 bits per heavy atom. The molecular formula is C37H44N8O6. The van der Waals surface area contributed by atoms with Crippen molar-refractivity contribution in [3.05, 3.63) is 72.6 Å². The smallest absolute Gasteiger partial charge is 0.407 e. The lowest BCUT2D eigenvalue weighted by Crippen LogP contribution is -2.54. The van der Waals surface area contributed by atoms with Gasteiger partial charge in [0, 0.05) is 12.6 Å². The number of H-pyrrole nitrogens is 2. The lowest BCUT2D eigenvalue weighted by atomic mass is 9.83. The molecule has 2 bridgehead atoms. The van der Waals surface area contributed by atoms with E-state index in [0.717, 1.165) is 65.1 Å². The molecule has 3 atom stereocenters. The molecule has 1 aliphatic carbocycles. The Kier molecular flexibility index (Phi) is 10.4. The van der Waals surface area contributed by atoms with Crippen molar-refractivity contribution in [1.29, 1.82) is 0 Å². The van der Waals surface area contributed by atoms with Gasteiger partial charge in [0.2, 0.25) is 11.8 Å². The van der Waals surface area contributed by atoms with Crippen molar-refractivity contribution in [2.24, 2.45) is 5.92 Å². The number of likely N-dealkylation sites (tertiary alicyclic amines) is 1. The second-order valence-electron chi connectivity index (χ2n) is 13.1. The summed E-state index contributed by atoms with van der Waals surface area (Å²) < 4.78 is 9.20. The molecule has 0 unspecified atom stereocenters. The predicted octanol–water partition coefficient (Wildman–Crippen LogP) is 4.81. The zero-order valence-corrected chi connectivity index (χ0v) is 29.3. The van der Waals surface area contributed by atoms with E-state index < -0.39 is 17.7 Å². The first-order valence-electron chi connectivity index (χ1n) is 17.2. The molecule has 4 N–H and O–H groups in total. The lowest BCUT2D eigenvalue weighted by Gasteiger charge is -2.43. The topological polar surface area (TPSA) is 175 Å². The van der Waals surface area contributed by atoms with Crippen molar-refractivity contribution < 1.29 is 28.7 Å². The number of hydrogen-bond acceptors (Lipinski definition) is 8. The third-order valence-corrected chi connectivity index (χ3v) is 10.1. The van der Waals surface area contributed by atoms with Gasteiger partial charge in [0.05, 0.1) is 44.5 Å². The van der Waals surface area contributed by atoms with E-state index in [1.807, 2.05) is 30.2 Å². The van der Waals surface area contributed by atoms with Crippen LogP contribution in [0.2, 0.25) is 0 Å². The Morgan fingerprint density at radius 3 is 2.02 bits per heavy atom. The van der Waals surface area contributed by atoms with E-state index in [1.165, 1.54) is 14.2 Å². The van der Waals surface area contributed by atoms with Gasteiger partial charge >= 0.3 is 12.2 Å². The van der Waals surface area contributed by atoms with E-state index in [4.69, 9.17) is 4.98 Å². The minimum atomic E-state index is -0.650. The van der Waals surface area contributed by atoms with Gasteiger partial charge in [-0.25, -0.2) is 19.6 Å². The number of nitrogens with zero attached hydrogens (tertiary/aromatic N) is 4. The number of nitrogens with one attached hydrogen (secondary N) is 4. The van der Waals surface area contributed by atoms with Crippen molar-refractivity contribution in [3.63, 3.8) is 0 Å². The number of methoxy groups -OCH3 is 2. The highest BCUT2D eigenvalue weighted by Crippen LogP contribution is 2.53. The van der Waals surface area contributed by atoms with Crippen LogP contribution in [0.3, 0.4) is 0 Å². The number of hydrogen-bond donors (Lipinski definition) is 4. The second kappa shape index (κ2) is 15.1. The number of carbonyl (C=O) groups is 4. The van der Waals surface area contributed by atoms with Crippen molar-refractivity contribution in [1.82, 2.24) is 40.4 Å². The van der Waals surface area contributed by atoms with E-state index in [9.17, 15) is 19.2 Å². The fourth-order valence-electron chi connectivity index (χ4n) is 7.43. The molecule has 0 radical (unpaired) electrons. The van der Waals surface area contributed by atoms with Crippen molar-refractivity contribution in [3.8, 4) is 33.6 Å². The molecule has 1 saturated heterocycles. The fourth-order valence-corrected chi connectivity index (χ4v) is 7.43. The van der Waals surface area contributed by atoms with Crippen LogP contribution in [0.4, 0.5) is 9.59 Å². The van der Waals surface area contributed by atoms with Crippen molar-refractivity contribution >= 4 is 24.0 Å². The maximum Gasteiger partial charge on any atom is 0.407 e. The molecule has 3 heterocycles. The van der Waals surface area contributed by atoms with Crippen LogP contribution >= 0.6 is 0 Å². The zero-order chi connectivity index (χ0) is 36.1. The van der Waals surface area contributed by atoms with Gasteiger partial charge in [0.1, 0.15) is 30.3 Å². The molecule has 2 aromatic carbocycles. The number of aromatic nitrogens is 4. The number of amides is 4. The summed E-state index contributed by atoms with van der Waals surface area (Å²) in [6.45, 7) is 4.61. The van der Waals surface area contributed by atoms with Crippen LogP contribution in [0.15, 0.2) is 60.9 Å². The average Bonchev–Trinajstić information content (AvgIpc) is 3.98. The Hall–Kier alpha value is -5.66. The SMILES string of the molecule is CCCN(Cc1ncc(-c2ccc(-c3ccc(-c4cnc([C@]5(C)[C@H]6CC[C@H](C6)N5C(=O)CNC(=O)OC)[nH]4)cc3)cc2)[nH]1)C(=O)CNC(=O)OC. The van der Waals surface area contributed by atoms with Crippen molar-refractivity contribution in [2.45, 2.75) is 57.7 Å². The Morgan fingerprint density at radius 2 is 1.41 bits per heavy atom. The fraction of sp³-hybridized carbons (Fsp3) is 0.405. The summed E-state index contributed by atoms with van der Waals surface area (Å²) in [5, 5.41) is 4.96. The maximum absolute atomic E-state index is 13.3. The summed E-state index contributed by atoms with van der Waals surface area (Å²) in [5.41, 5.74) is 5.16. The molecule has 1 aliphatic heterocycles. The maximum atomic E-state index is 13.3. The molecule has 14 heteroatoms. The number of ether oxygens (including phenoxy) is 2. The van der Waals surface area contributed by atoms with Crippen LogP contribution in [-0.2, 0) is 31.1 Å². The van der Waals surface area contributed by atoms with Gasteiger partial charge in [-0.1, -0.05) is 55.5 Å². The van der Waals surface area contributed by atoms with Gasteiger partial charge in [0.15, 0.2) is 0 Å². The largest absolute Gasteiger partial charge is 0.453 e. The summed E-state index contributed by atoms with van der Waals surface area (Å²) in [6.07, 6.45) is 5.95. The van der Waals surface area contributed by atoms with Gasteiger partial charge in [-0.2, -0.15) is 0 Å². The Labute approximate surface area is 296 Å². The number of rotatable bonds is 12. The highest BCUT2D eigenvalue weighted by Gasteiger charge is 2.58. The number of carbonyl (C=O) groups excluding carboxylic acids is 4. The first-order chi connectivity index (χ1) is 24.6. The van der Waals surface area contributed by atoms with E-state index >= 15 is 0 Å². The zero-order valence-electron chi connectivity index (χ0n) is 29.3. The number of imidazole rings is 2. The molecule has 4 aromatic rings. The van der Waals surface area contributed by atoms with Gasteiger partial charge < -0.3 is 39.9 Å². The summed E-state index contributed by atoms with van der Waals surface area (Å²) in [5.74, 6) is 1.31. The van der Waals surface area contributed by atoms with E-state index in [-0.39, 0.29) is 36.9 Å². The van der Waals surface area contributed by atoms with Crippen molar-refractivity contribution in [2.75, 3.05) is 33.9 Å². The molecule has 268 valence electrons. The molecule has 51 heavy (non-hydrogen) atoms. The van der Waals surface area contributed by atoms with Gasteiger partial charge in [-0.15, -0.1) is 0 Å². The Balaban J connectivity index is 1.11. The number of alkyl carbamates (subject to hydrolysis) is 2. The highest BCUT2D eigenvalue weighted by molar-refractivity contribution is 5.84. The van der Waals surface area contributed by atoms with Gasteiger partial charge in [-0.05, 0) is 60.8 Å². The molecule has 1 saturated carbocycles. The molecular weight excluding hydrogens is 652 g/mol. The summed E-state index contributed by atoms with van der Waals surface area (Å²) >= 11 is 0. The van der Waals surface area contributed by atoms with Crippen LogP contribution in [0.1, 0.15) is 51.2 Å². The monoisotopic (exact) mass is 696 g/mol. The molecule has 6 rings (SSSR count). The van der Waals surface area contributed by atoms with Crippen LogP contribution in [0, 0.1) is 5.92 Å².